The lowest BCUT2D eigenvalue weighted by molar-refractivity contribution is -0.0558. The Labute approximate surface area is 107 Å². The van der Waals surface area contributed by atoms with Crippen molar-refractivity contribution in [2.45, 2.75) is 89.8 Å². The second kappa shape index (κ2) is 9.90. The molecule has 2 heteroatoms. The average molecular weight is 242 g/mol. The lowest BCUT2D eigenvalue weighted by Crippen LogP contribution is -2.26. The number of aliphatic hydroxyl groups is 1. The maximum atomic E-state index is 9.81. The molecule has 2 atom stereocenters. The van der Waals surface area contributed by atoms with E-state index in [2.05, 4.69) is 6.92 Å². The van der Waals surface area contributed by atoms with Crippen LogP contribution in [-0.2, 0) is 4.74 Å². The maximum Gasteiger partial charge on any atom is 0.0597 e. The lowest BCUT2D eigenvalue weighted by Gasteiger charge is -2.26. The van der Waals surface area contributed by atoms with Gasteiger partial charge in [-0.25, -0.2) is 0 Å². The van der Waals surface area contributed by atoms with E-state index in [1.165, 1.54) is 51.4 Å². The third-order valence-corrected chi connectivity index (χ3v) is 3.75. The summed E-state index contributed by atoms with van der Waals surface area (Å²) < 4.78 is 5.38. The molecule has 1 rings (SSSR count). The SMILES string of the molecule is CCCCCCCC(O)CCCCC1CCO1. The summed E-state index contributed by atoms with van der Waals surface area (Å²) in [7, 11) is 0. The van der Waals surface area contributed by atoms with Gasteiger partial charge in [0.05, 0.1) is 12.2 Å². The van der Waals surface area contributed by atoms with Gasteiger partial charge in [-0.1, -0.05) is 51.9 Å². The van der Waals surface area contributed by atoms with Gasteiger partial charge in [0, 0.05) is 6.61 Å². The molecule has 1 saturated heterocycles. The summed E-state index contributed by atoms with van der Waals surface area (Å²) in [6.45, 7) is 3.20. The predicted molar refractivity (Wildman–Crippen MR) is 72.2 cm³/mol. The standard InChI is InChI=1S/C15H30O2/c1-2-3-4-5-6-9-14(16)10-7-8-11-15-12-13-17-15/h14-16H,2-13H2,1H3. The van der Waals surface area contributed by atoms with Crippen LogP contribution in [0.2, 0.25) is 0 Å². The highest BCUT2D eigenvalue weighted by Crippen LogP contribution is 2.19. The van der Waals surface area contributed by atoms with Crippen LogP contribution in [0.1, 0.15) is 77.6 Å². The fourth-order valence-corrected chi connectivity index (χ4v) is 2.39. The smallest absolute Gasteiger partial charge is 0.0597 e. The molecule has 2 nitrogen and oxygen atoms in total. The van der Waals surface area contributed by atoms with Crippen LogP contribution >= 0.6 is 0 Å². The minimum atomic E-state index is -0.0565. The third-order valence-electron chi connectivity index (χ3n) is 3.75. The van der Waals surface area contributed by atoms with Crippen LogP contribution in [0.15, 0.2) is 0 Å². The fourth-order valence-electron chi connectivity index (χ4n) is 2.39. The second-order valence-corrected chi connectivity index (χ2v) is 5.42. The Morgan fingerprint density at radius 2 is 1.71 bits per heavy atom. The molecule has 1 aliphatic heterocycles. The number of ether oxygens (including phenoxy) is 1. The molecule has 2 unspecified atom stereocenters. The van der Waals surface area contributed by atoms with Crippen LogP contribution in [0.3, 0.4) is 0 Å². The summed E-state index contributed by atoms with van der Waals surface area (Å²) in [5, 5.41) is 9.81. The van der Waals surface area contributed by atoms with Crippen molar-refractivity contribution in [1.82, 2.24) is 0 Å². The molecule has 0 spiro atoms. The van der Waals surface area contributed by atoms with Gasteiger partial charge in [-0.15, -0.1) is 0 Å². The molecule has 1 fully saturated rings. The molecule has 1 N–H and O–H groups in total. The quantitative estimate of drug-likeness (QED) is 0.554. The summed E-state index contributed by atoms with van der Waals surface area (Å²) in [6.07, 6.45) is 13.8. The zero-order chi connectivity index (χ0) is 12.3. The Hall–Kier alpha value is -0.0800. The molecule has 0 aromatic rings. The molecule has 0 aromatic carbocycles. The summed E-state index contributed by atoms with van der Waals surface area (Å²) >= 11 is 0. The van der Waals surface area contributed by atoms with Crippen LogP contribution in [0.4, 0.5) is 0 Å². The lowest BCUT2D eigenvalue weighted by atomic mass is 10.0. The van der Waals surface area contributed by atoms with Gasteiger partial charge >= 0.3 is 0 Å². The summed E-state index contributed by atoms with van der Waals surface area (Å²) in [6, 6.07) is 0. The van der Waals surface area contributed by atoms with Gasteiger partial charge in [0.1, 0.15) is 0 Å². The minimum absolute atomic E-state index is 0.0565. The zero-order valence-electron chi connectivity index (χ0n) is 11.5. The molecular weight excluding hydrogens is 212 g/mol. The molecule has 1 aliphatic rings. The highest BCUT2D eigenvalue weighted by atomic mass is 16.5. The number of aliphatic hydroxyl groups excluding tert-OH is 1. The summed E-state index contributed by atoms with van der Waals surface area (Å²) in [5.41, 5.74) is 0. The van der Waals surface area contributed by atoms with Gasteiger partial charge in [0.15, 0.2) is 0 Å². The van der Waals surface area contributed by atoms with Gasteiger partial charge < -0.3 is 9.84 Å². The van der Waals surface area contributed by atoms with Crippen LogP contribution in [0, 0.1) is 0 Å². The van der Waals surface area contributed by atoms with Crippen molar-refractivity contribution >= 4 is 0 Å². The number of unbranched alkanes of at least 4 members (excludes halogenated alkanes) is 5. The van der Waals surface area contributed by atoms with Gasteiger partial charge in [-0.3, -0.25) is 0 Å². The van der Waals surface area contributed by atoms with Crippen molar-refractivity contribution in [2.24, 2.45) is 0 Å². The van der Waals surface area contributed by atoms with E-state index in [9.17, 15) is 5.11 Å². The molecule has 0 aromatic heterocycles. The summed E-state index contributed by atoms with van der Waals surface area (Å²) in [4.78, 5) is 0. The first-order valence-electron chi connectivity index (χ1n) is 7.62. The molecule has 1 heterocycles. The van der Waals surface area contributed by atoms with E-state index < -0.39 is 0 Å². The predicted octanol–water partition coefficient (Wildman–Crippen LogP) is 4.06. The molecule has 17 heavy (non-hydrogen) atoms. The highest BCUT2D eigenvalue weighted by molar-refractivity contribution is 4.66. The van der Waals surface area contributed by atoms with Gasteiger partial charge in [0.25, 0.3) is 0 Å². The number of hydrogen-bond donors (Lipinski definition) is 1. The van der Waals surface area contributed by atoms with E-state index in [1.807, 2.05) is 0 Å². The summed E-state index contributed by atoms with van der Waals surface area (Å²) in [5.74, 6) is 0. The fraction of sp³-hybridized carbons (Fsp3) is 1.00. The molecule has 0 amide bonds. The Kier molecular flexibility index (Phi) is 8.72. The van der Waals surface area contributed by atoms with Crippen molar-refractivity contribution in [3.8, 4) is 0 Å². The van der Waals surface area contributed by atoms with E-state index in [-0.39, 0.29) is 6.10 Å². The maximum absolute atomic E-state index is 9.81. The molecule has 0 saturated carbocycles. The van der Waals surface area contributed by atoms with Gasteiger partial charge in [-0.05, 0) is 25.7 Å². The molecule has 0 radical (unpaired) electrons. The number of rotatable bonds is 11. The van der Waals surface area contributed by atoms with Gasteiger partial charge in [-0.2, -0.15) is 0 Å². The normalized spacial score (nSPS) is 21.2. The van der Waals surface area contributed by atoms with Crippen LogP contribution < -0.4 is 0 Å². The van der Waals surface area contributed by atoms with E-state index >= 15 is 0 Å². The largest absolute Gasteiger partial charge is 0.393 e. The van der Waals surface area contributed by atoms with E-state index in [1.54, 1.807) is 0 Å². The zero-order valence-corrected chi connectivity index (χ0v) is 11.5. The van der Waals surface area contributed by atoms with E-state index in [0.717, 1.165) is 25.9 Å². The Bertz CT molecular complexity index is 166. The molecule has 0 bridgehead atoms. The molecule has 102 valence electrons. The second-order valence-electron chi connectivity index (χ2n) is 5.42. The molecule has 0 aliphatic carbocycles. The third kappa shape index (κ3) is 7.77. The average Bonchev–Trinajstić information content (AvgIpc) is 2.26. The monoisotopic (exact) mass is 242 g/mol. The van der Waals surface area contributed by atoms with Crippen LogP contribution in [0.5, 0.6) is 0 Å². The first-order chi connectivity index (χ1) is 8.33. The first kappa shape index (κ1) is 15.0. The van der Waals surface area contributed by atoms with E-state index in [4.69, 9.17) is 4.74 Å². The van der Waals surface area contributed by atoms with Gasteiger partial charge in [0.2, 0.25) is 0 Å². The van der Waals surface area contributed by atoms with Crippen molar-refractivity contribution in [2.75, 3.05) is 6.61 Å². The van der Waals surface area contributed by atoms with E-state index in [0.29, 0.717) is 6.10 Å². The minimum Gasteiger partial charge on any atom is -0.393 e. The topological polar surface area (TPSA) is 29.5 Å². The highest BCUT2D eigenvalue weighted by Gasteiger charge is 2.17. The number of hydrogen-bond acceptors (Lipinski definition) is 2. The van der Waals surface area contributed by atoms with Crippen LogP contribution in [0.25, 0.3) is 0 Å². The van der Waals surface area contributed by atoms with Crippen LogP contribution in [-0.4, -0.2) is 23.9 Å². The van der Waals surface area contributed by atoms with Crippen molar-refractivity contribution in [3.05, 3.63) is 0 Å². The van der Waals surface area contributed by atoms with Crippen molar-refractivity contribution in [3.63, 3.8) is 0 Å². The Balaban J connectivity index is 1.78. The Morgan fingerprint density at radius 1 is 1.06 bits per heavy atom. The Morgan fingerprint density at radius 3 is 2.29 bits per heavy atom. The first-order valence-corrected chi connectivity index (χ1v) is 7.62. The van der Waals surface area contributed by atoms with Crippen molar-refractivity contribution in [1.29, 1.82) is 0 Å². The molecular formula is C15H30O2. The van der Waals surface area contributed by atoms with Crippen molar-refractivity contribution < 1.29 is 9.84 Å².